The maximum Gasteiger partial charge on any atom is 0.387 e. The Labute approximate surface area is 159 Å². The molecule has 0 saturated carbocycles. The standard InChI is InChI=1S/C20H16F2N2O2S/c21-20(22)26-17-10-4-2-7-15(17)12-23-24-19(25)13-27-18-11-5-8-14-6-1-3-9-16(14)18/h1-12,20H,13H2,(H,24,25). The smallest absolute Gasteiger partial charge is 0.387 e. The van der Waals surface area contributed by atoms with Crippen molar-refractivity contribution in [3.63, 3.8) is 0 Å². The van der Waals surface area contributed by atoms with E-state index >= 15 is 0 Å². The second-order valence-corrected chi connectivity index (χ2v) is 6.49. The van der Waals surface area contributed by atoms with Crippen molar-refractivity contribution < 1.29 is 18.3 Å². The number of halogens is 2. The summed E-state index contributed by atoms with van der Waals surface area (Å²) in [6.45, 7) is -2.92. The maximum absolute atomic E-state index is 12.4. The predicted octanol–water partition coefficient (Wildman–Crippen LogP) is 4.68. The molecule has 0 aliphatic carbocycles. The highest BCUT2D eigenvalue weighted by Gasteiger charge is 2.08. The van der Waals surface area contributed by atoms with E-state index in [9.17, 15) is 13.6 Å². The fourth-order valence-electron chi connectivity index (χ4n) is 2.46. The molecule has 0 fully saturated rings. The first-order valence-electron chi connectivity index (χ1n) is 8.10. The molecule has 0 atom stereocenters. The van der Waals surface area contributed by atoms with Gasteiger partial charge in [-0.05, 0) is 29.0 Å². The van der Waals surface area contributed by atoms with Crippen LogP contribution in [-0.2, 0) is 4.79 Å². The number of hydrogen-bond donors (Lipinski definition) is 1. The summed E-state index contributed by atoms with van der Waals surface area (Å²) in [6.07, 6.45) is 1.28. The second-order valence-electron chi connectivity index (χ2n) is 5.48. The minimum absolute atomic E-state index is 0.00405. The number of ether oxygens (including phenoxy) is 1. The van der Waals surface area contributed by atoms with Gasteiger partial charge in [-0.25, -0.2) is 5.43 Å². The van der Waals surface area contributed by atoms with E-state index < -0.39 is 6.61 Å². The largest absolute Gasteiger partial charge is 0.434 e. The zero-order valence-electron chi connectivity index (χ0n) is 14.1. The van der Waals surface area contributed by atoms with Gasteiger partial charge in [0.05, 0.1) is 12.0 Å². The maximum atomic E-state index is 12.4. The number of fused-ring (bicyclic) bond motifs is 1. The van der Waals surface area contributed by atoms with Crippen molar-refractivity contribution in [2.45, 2.75) is 11.5 Å². The fraction of sp³-hybridized carbons (Fsp3) is 0.100. The van der Waals surface area contributed by atoms with Crippen LogP contribution in [0.1, 0.15) is 5.56 Å². The lowest BCUT2D eigenvalue weighted by Crippen LogP contribution is -2.19. The van der Waals surface area contributed by atoms with Gasteiger partial charge >= 0.3 is 6.61 Å². The van der Waals surface area contributed by atoms with Crippen LogP contribution in [0.3, 0.4) is 0 Å². The molecule has 138 valence electrons. The highest BCUT2D eigenvalue weighted by molar-refractivity contribution is 8.00. The van der Waals surface area contributed by atoms with Gasteiger partial charge in [0.1, 0.15) is 5.75 Å². The van der Waals surface area contributed by atoms with Gasteiger partial charge in [0.2, 0.25) is 5.91 Å². The van der Waals surface area contributed by atoms with Gasteiger partial charge in [-0.1, -0.05) is 48.5 Å². The zero-order valence-corrected chi connectivity index (χ0v) is 15.0. The van der Waals surface area contributed by atoms with Crippen LogP contribution < -0.4 is 10.2 Å². The molecule has 0 aromatic heterocycles. The van der Waals surface area contributed by atoms with Crippen molar-refractivity contribution in [3.05, 3.63) is 72.3 Å². The number of nitrogens with zero attached hydrogens (tertiary/aromatic N) is 1. The topological polar surface area (TPSA) is 50.7 Å². The number of hydrazone groups is 1. The summed E-state index contributed by atoms with van der Waals surface area (Å²) in [4.78, 5) is 13.0. The summed E-state index contributed by atoms with van der Waals surface area (Å²) in [5, 5.41) is 6.01. The molecule has 0 saturated heterocycles. The molecule has 0 aliphatic rings. The quantitative estimate of drug-likeness (QED) is 0.364. The SMILES string of the molecule is O=C(CSc1cccc2ccccc12)NN=Cc1ccccc1OC(F)F. The summed E-state index contributed by atoms with van der Waals surface area (Å²) in [5.74, 6) is -0.118. The Bertz CT molecular complexity index is 958. The molecular weight excluding hydrogens is 370 g/mol. The Morgan fingerprint density at radius 1 is 1.07 bits per heavy atom. The Morgan fingerprint density at radius 2 is 1.81 bits per heavy atom. The minimum atomic E-state index is -2.92. The first-order valence-corrected chi connectivity index (χ1v) is 9.08. The highest BCUT2D eigenvalue weighted by Crippen LogP contribution is 2.27. The van der Waals surface area contributed by atoms with Crippen LogP contribution in [0.2, 0.25) is 0 Å². The molecule has 7 heteroatoms. The molecule has 3 aromatic carbocycles. The third-order valence-electron chi connectivity index (χ3n) is 3.64. The van der Waals surface area contributed by atoms with E-state index in [0.717, 1.165) is 15.7 Å². The van der Waals surface area contributed by atoms with E-state index in [1.165, 1.54) is 24.0 Å². The van der Waals surface area contributed by atoms with Crippen LogP contribution in [-0.4, -0.2) is 24.5 Å². The number of rotatable bonds is 7. The number of carbonyl (C=O) groups is 1. The minimum Gasteiger partial charge on any atom is -0.434 e. The number of alkyl halides is 2. The fourth-order valence-corrected chi connectivity index (χ4v) is 3.33. The summed E-state index contributed by atoms with van der Waals surface area (Å²) in [5.41, 5.74) is 2.74. The van der Waals surface area contributed by atoms with E-state index in [1.54, 1.807) is 18.2 Å². The third-order valence-corrected chi connectivity index (χ3v) is 4.71. The number of amides is 1. The molecule has 0 unspecified atom stereocenters. The molecular formula is C20H16F2N2O2S. The number of hydrogen-bond acceptors (Lipinski definition) is 4. The molecule has 3 rings (SSSR count). The van der Waals surface area contributed by atoms with Crippen molar-refractivity contribution in [1.82, 2.24) is 5.43 Å². The van der Waals surface area contributed by atoms with Crippen LogP contribution in [0, 0.1) is 0 Å². The first-order chi connectivity index (χ1) is 13.1. The molecule has 1 N–H and O–H groups in total. The molecule has 4 nitrogen and oxygen atoms in total. The first kappa shape index (κ1) is 18.8. The van der Waals surface area contributed by atoms with Crippen LogP contribution >= 0.6 is 11.8 Å². The van der Waals surface area contributed by atoms with Crippen molar-refractivity contribution >= 4 is 34.7 Å². The summed E-state index contributed by atoms with van der Waals surface area (Å²) in [6, 6.07) is 20.1. The highest BCUT2D eigenvalue weighted by atomic mass is 32.2. The second kappa shape index (κ2) is 9.14. The number of benzene rings is 3. The van der Waals surface area contributed by atoms with E-state index in [0.29, 0.717) is 5.56 Å². The Kier molecular flexibility index (Phi) is 6.38. The zero-order chi connectivity index (χ0) is 19.1. The molecule has 0 aliphatic heterocycles. The molecule has 1 amide bonds. The van der Waals surface area contributed by atoms with Crippen LogP contribution in [0.15, 0.2) is 76.7 Å². The Balaban J connectivity index is 1.58. The molecule has 0 radical (unpaired) electrons. The van der Waals surface area contributed by atoms with Crippen molar-refractivity contribution in [2.24, 2.45) is 5.10 Å². The van der Waals surface area contributed by atoms with Gasteiger partial charge in [-0.2, -0.15) is 13.9 Å². The van der Waals surface area contributed by atoms with Gasteiger partial charge in [-0.3, -0.25) is 4.79 Å². The monoisotopic (exact) mass is 386 g/mol. The van der Waals surface area contributed by atoms with E-state index in [-0.39, 0.29) is 17.4 Å². The van der Waals surface area contributed by atoms with E-state index in [2.05, 4.69) is 15.3 Å². The summed E-state index contributed by atoms with van der Waals surface area (Å²) in [7, 11) is 0. The normalized spacial score (nSPS) is 11.2. The van der Waals surface area contributed by atoms with E-state index in [4.69, 9.17) is 0 Å². The van der Waals surface area contributed by atoms with Crippen molar-refractivity contribution in [3.8, 4) is 5.75 Å². The van der Waals surface area contributed by atoms with Crippen LogP contribution in [0.4, 0.5) is 8.78 Å². The van der Waals surface area contributed by atoms with Crippen LogP contribution in [0.25, 0.3) is 10.8 Å². The lowest BCUT2D eigenvalue weighted by molar-refractivity contribution is -0.118. The van der Waals surface area contributed by atoms with Crippen molar-refractivity contribution in [1.29, 1.82) is 0 Å². The molecule has 0 spiro atoms. The van der Waals surface area contributed by atoms with Crippen LogP contribution in [0.5, 0.6) is 5.75 Å². The molecule has 3 aromatic rings. The lowest BCUT2D eigenvalue weighted by atomic mass is 10.1. The summed E-state index contributed by atoms with van der Waals surface area (Å²) >= 11 is 1.41. The molecule has 27 heavy (non-hydrogen) atoms. The Morgan fingerprint density at radius 3 is 2.67 bits per heavy atom. The summed E-state index contributed by atoms with van der Waals surface area (Å²) < 4.78 is 29.2. The van der Waals surface area contributed by atoms with Gasteiger partial charge in [0, 0.05) is 10.5 Å². The number of thioether (sulfide) groups is 1. The van der Waals surface area contributed by atoms with Gasteiger partial charge in [-0.15, -0.1) is 11.8 Å². The predicted molar refractivity (Wildman–Crippen MR) is 103 cm³/mol. The number of nitrogens with one attached hydrogen (secondary N) is 1. The van der Waals surface area contributed by atoms with Gasteiger partial charge < -0.3 is 4.74 Å². The molecule has 0 heterocycles. The average molecular weight is 386 g/mol. The Hall–Kier alpha value is -2.93. The average Bonchev–Trinajstić information content (AvgIpc) is 2.67. The number of para-hydroxylation sites is 1. The van der Waals surface area contributed by atoms with E-state index in [1.807, 2.05) is 42.5 Å². The molecule has 0 bridgehead atoms. The van der Waals surface area contributed by atoms with Gasteiger partial charge in [0.25, 0.3) is 0 Å². The number of carbonyl (C=O) groups excluding carboxylic acids is 1. The van der Waals surface area contributed by atoms with Crippen molar-refractivity contribution in [2.75, 3.05) is 5.75 Å². The lowest BCUT2D eigenvalue weighted by Gasteiger charge is -2.07. The third kappa shape index (κ3) is 5.27. The van der Waals surface area contributed by atoms with Gasteiger partial charge in [0.15, 0.2) is 0 Å².